The molecule has 0 saturated heterocycles. The highest BCUT2D eigenvalue weighted by Crippen LogP contribution is 2.33. The Balaban J connectivity index is 0.000000426. The number of methoxy groups -OCH3 is 1. The van der Waals surface area contributed by atoms with Crippen LogP contribution >= 0.6 is 0 Å². The maximum absolute atomic E-state index is 13.1. The molecule has 5 rings (SSSR count). The van der Waals surface area contributed by atoms with Crippen LogP contribution in [0.2, 0.25) is 0 Å². The molecule has 2 aliphatic rings. The largest absolute Gasteiger partial charge is 0.490 e. The molecule has 1 amide bonds. The highest BCUT2D eigenvalue weighted by Gasteiger charge is 2.38. The topological polar surface area (TPSA) is 87.9 Å². The molecule has 0 aliphatic carbocycles. The van der Waals surface area contributed by atoms with Gasteiger partial charge in [0.1, 0.15) is 5.82 Å². The van der Waals surface area contributed by atoms with Gasteiger partial charge in [0.25, 0.3) is 5.91 Å². The average molecular weight is 531 g/mol. The van der Waals surface area contributed by atoms with E-state index in [0.29, 0.717) is 19.7 Å². The Morgan fingerprint density at radius 2 is 1.76 bits per heavy atom. The summed E-state index contributed by atoms with van der Waals surface area (Å²) in [6.45, 7) is 4.65. The molecule has 1 aromatic heterocycles. The van der Waals surface area contributed by atoms with E-state index in [4.69, 9.17) is 19.6 Å². The Morgan fingerprint density at radius 3 is 2.42 bits per heavy atom. The van der Waals surface area contributed by atoms with Gasteiger partial charge in [0, 0.05) is 57.4 Å². The number of carbonyl (C=O) groups excluding carboxylic acids is 1. The maximum Gasteiger partial charge on any atom is 0.490 e. The van der Waals surface area contributed by atoms with Gasteiger partial charge in [0.2, 0.25) is 0 Å². The van der Waals surface area contributed by atoms with Crippen LogP contribution in [-0.2, 0) is 42.2 Å². The van der Waals surface area contributed by atoms with Gasteiger partial charge in [-0.1, -0.05) is 30.3 Å². The van der Waals surface area contributed by atoms with E-state index < -0.39 is 12.1 Å². The van der Waals surface area contributed by atoms with Crippen LogP contribution < -0.4 is 0 Å². The Hall–Kier alpha value is -3.70. The van der Waals surface area contributed by atoms with E-state index in [1.165, 1.54) is 22.4 Å². The van der Waals surface area contributed by atoms with Crippen LogP contribution in [0.1, 0.15) is 32.9 Å². The number of nitrogens with zero attached hydrogens (tertiary/aromatic N) is 4. The molecule has 0 radical (unpaired) electrons. The molecule has 0 spiro atoms. The van der Waals surface area contributed by atoms with Crippen molar-refractivity contribution < 1.29 is 32.6 Å². The number of aliphatic carboxylic acids is 1. The van der Waals surface area contributed by atoms with Crippen molar-refractivity contribution >= 4 is 11.9 Å². The van der Waals surface area contributed by atoms with Crippen molar-refractivity contribution in [2.45, 2.75) is 38.8 Å². The van der Waals surface area contributed by atoms with Crippen LogP contribution in [0, 0.1) is 0 Å². The monoisotopic (exact) mass is 530 g/mol. The second kappa shape index (κ2) is 11.4. The number of imidazole rings is 1. The smallest absolute Gasteiger partial charge is 0.475 e. The fourth-order valence-corrected chi connectivity index (χ4v) is 4.77. The third kappa shape index (κ3) is 6.05. The first kappa shape index (κ1) is 27.3. The predicted octanol–water partition coefficient (Wildman–Crippen LogP) is 3.97. The standard InChI is InChI=1S/C25H28N4O2.C2HF3O2/c1-27-15-20-4-3-5-21(22(20)16-27)23-14-26-24-10-11-28(12-13-29(23)24)25(30)19-8-6-18(7-9-19)17-31-2;3-2(4,5)1(6)7/h3-9,14H,10-13,15-17H2,1-2H3;(H,6,7). The summed E-state index contributed by atoms with van der Waals surface area (Å²) in [6.07, 6.45) is -2.31. The number of amides is 1. The molecule has 0 unspecified atom stereocenters. The molecule has 0 fully saturated rings. The first-order chi connectivity index (χ1) is 18.1. The molecule has 0 bridgehead atoms. The first-order valence-corrected chi connectivity index (χ1v) is 12.1. The minimum Gasteiger partial charge on any atom is -0.475 e. The van der Waals surface area contributed by atoms with Crippen LogP contribution in [0.5, 0.6) is 0 Å². The number of carboxylic acid groups (broad SMARTS) is 1. The second-order valence-corrected chi connectivity index (χ2v) is 9.30. The summed E-state index contributed by atoms with van der Waals surface area (Å²) in [5.41, 5.74) is 7.04. The molecule has 3 heterocycles. The third-order valence-corrected chi connectivity index (χ3v) is 6.60. The quantitative estimate of drug-likeness (QED) is 0.549. The van der Waals surface area contributed by atoms with Gasteiger partial charge in [-0.15, -0.1) is 0 Å². The molecule has 2 aromatic carbocycles. The Kier molecular flexibility index (Phi) is 8.17. The zero-order valence-electron chi connectivity index (χ0n) is 21.2. The van der Waals surface area contributed by atoms with Crippen LogP contribution in [0.4, 0.5) is 13.2 Å². The zero-order chi connectivity index (χ0) is 27.4. The summed E-state index contributed by atoms with van der Waals surface area (Å²) in [4.78, 5) is 31.0. The van der Waals surface area contributed by atoms with Gasteiger partial charge in [-0.3, -0.25) is 9.69 Å². The van der Waals surface area contributed by atoms with Crippen LogP contribution in [-0.4, -0.2) is 69.8 Å². The van der Waals surface area contributed by atoms with E-state index in [1.807, 2.05) is 35.4 Å². The fraction of sp³-hybridized carbons (Fsp3) is 0.370. The van der Waals surface area contributed by atoms with E-state index in [2.05, 4.69) is 34.7 Å². The van der Waals surface area contributed by atoms with Crippen molar-refractivity contribution in [2.75, 3.05) is 27.2 Å². The van der Waals surface area contributed by atoms with Crippen molar-refractivity contribution in [2.24, 2.45) is 0 Å². The average Bonchev–Trinajstić information content (AvgIpc) is 3.39. The van der Waals surface area contributed by atoms with Gasteiger partial charge < -0.3 is 19.3 Å². The van der Waals surface area contributed by atoms with Crippen LogP contribution in [0.3, 0.4) is 0 Å². The van der Waals surface area contributed by atoms with Crippen molar-refractivity contribution in [1.29, 1.82) is 0 Å². The lowest BCUT2D eigenvalue weighted by molar-refractivity contribution is -0.192. The van der Waals surface area contributed by atoms with E-state index >= 15 is 0 Å². The number of aromatic nitrogens is 2. The number of halogens is 3. The number of carbonyl (C=O) groups is 2. The molecular formula is C27H29F3N4O4. The molecule has 38 heavy (non-hydrogen) atoms. The summed E-state index contributed by atoms with van der Waals surface area (Å²) in [7, 11) is 3.84. The zero-order valence-corrected chi connectivity index (χ0v) is 21.2. The van der Waals surface area contributed by atoms with Gasteiger partial charge in [-0.2, -0.15) is 13.2 Å². The Morgan fingerprint density at radius 1 is 1.05 bits per heavy atom. The highest BCUT2D eigenvalue weighted by molar-refractivity contribution is 5.94. The molecule has 2 aliphatic heterocycles. The fourth-order valence-electron chi connectivity index (χ4n) is 4.77. The lowest BCUT2D eigenvalue weighted by Gasteiger charge is -2.20. The van der Waals surface area contributed by atoms with E-state index in [1.54, 1.807) is 7.11 Å². The summed E-state index contributed by atoms with van der Waals surface area (Å²) in [5, 5.41) is 7.12. The SMILES string of the molecule is COCc1ccc(C(=O)N2CCc3ncc(-c4cccc5c4CN(C)C5)n3CC2)cc1.O=C(O)C(F)(F)F. The van der Waals surface area contributed by atoms with Crippen molar-refractivity contribution in [3.8, 4) is 11.3 Å². The Bertz CT molecular complexity index is 1300. The number of fused-ring (bicyclic) bond motifs is 2. The molecule has 0 atom stereocenters. The lowest BCUT2D eigenvalue weighted by Crippen LogP contribution is -2.33. The summed E-state index contributed by atoms with van der Waals surface area (Å²) in [6, 6.07) is 14.3. The first-order valence-electron chi connectivity index (χ1n) is 12.1. The summed E-state index contributed by atoms with van der Waals surface area (Å²) >= 11 is 0. The molecular weight excluding hydrogens is 501 g/mol. The number of hydrogen-bond donors (Lipinski definition) is 1. The summed E-state index contributed by atoms with van der Waals surface area (Å²) < 4.78 is 39.2. The van der Waals surface area contributed by atoms with Crippen LogP contribution in [0.25, 0.3) is 11.3 Å². The van der Waals surface area contributed by atoms with Crippen molar-refractivity contribution in [3.63, 3.8) is 0 Å². The Labute approximate surface area is 218 Å². The minimum absolute atomic E-state index is 0.0819. The number of alkyl halides is 3. The van der Waals surface area contributed by atoms with E-state index in [9.17, 15) is 18.0 Å². The van der Waals surface area contributed by atoms with E-state index in [-0.39, 0.29) is 5.91 Å². The second-order valence-electron chi connectivity index (χ2n) is 9.30. The number of benzene rings is 2. The molecule has 202 valence electrons. The normalized spacial score (nSPS) is 15.2. The number of ether oxygens (including phenoxy) is 1. The lowest BCUT2D eigenvalue weighted by atomic mass is 10.0. The van der Waals surface area contributed by atoms with E-state index in [0.717, 1.165) is 43.0 Å². The predicted molar refractivity (Wildman–Crippen MR) is 133 cm³/mol. The van der Waals surface area contributed by atoms with Crippen molar-refractivity contribution in [3.05, 3.63) is 76.7 Å². The molecule has 3 aromatic rings. The van der Waals surface area contributed by atoms with Crippen LogP contribution in [0.15, 0.2) is 48.7 Å². The maximum atomic E-state index is 13.1. The molecule has 0 saturated carbocycles. The van der Waals surface area contributed by atoms with Crippen molar-refractivity contribution in [1.82, 2.24) is 19.4 Å². The van der Waals surface area contributed by atoms with Gasteiger partial charge in [-0.05, 0) is 35.9 Å². The van der Waals surface area contributed by atoms with Gasteiger partial charge in [0.05, 0.1) is 18.5 Å². The number of rotatable bonds is 4. The molecule has 1 N–H and O–H groups in total. The highest BCUT2D eigenvalue weighted by atomic mass is 19.4. The third-order valence-electron chi connectivity index (χ3n) is 6.60. The molecule has 8 nitrogen and oxygen atoms in total. The van der Waals surface area contributed by atoms with Gasteiger partial charge in [-0.25, -0.2) is 9.78 Å². The number of carboxylic acids is 1. The summed E-state index contributed by atoms with van der Waals surface area (Å²) in [5.74, 6) is -1.62. The number of hydrogen-bond acceptors (Lipinski definition) is 5. The minimum atomic E-state index is -5.08. The van der Waals surface area contributed by atoms with Gasteiger partial charge >= 0.3 is 12.1 Å². The van der Waals surface area contributed by atoms with Gasteiger partial charge in [0.15, 0.2) is 0 Å². The molecule has 11 heteroatoms.